The topological polar surface area (TPSA) is 66.5 Å². The molecule has 3 rings (SSSR count). The normalized spacial score (nSPS) is 14.9. The number of benzene rings is 2. The fraction of sp³-hybridized carbons (Fsp3) is 0.435. The zero-order valence-electron chi connectivity index (χ0n) is 17.5. The highest BCUT2D eigenvalue weighted by atomic mass is 32.2. The third-order valence-corrected chi connectivity index (χ3v) is 8.53. The minimum absolute atomic E-state index is 0.00920. The molecular weight excluding hydrogens is 435 g/mol. The summed E-state index contributed by atoms with van der Waals surface area (Å²) in [4.78, 5) is 12.5. The van der Waals surface area contributed by atoms with Crippen LogP contribution in [0.15, 0.2) is 59.5 Å². The molecule has 0 bridgehead atoms. The van der Waals surface area contributed by atoms with Crippen LogP contribution in [0.3, 0.4) is 0 Å². The Hall–Kier alpha value is -2.06. The Bertz CT molecular complexity index is 948. The molecule has 31 heavy (non-hydrogen) atoms. The van der Waals surface area contributed by atoms with Gasteiger partial charge < -0.3 is 5.32 Å². The monoisotopic (exact) mass is 464 g/mol. The molecule has 1 fully saturated rings. The molecule has 5 nitrogen and oxygen atoms in total. The molecule has 168 valence electrons. The van der Waals surface area contributed by atoms with E-state index in [1.54, 1.807) is 24.3 Å². The van der Waals surface area contributed by atoms with Crippen molar-refractivity contribution in [3.63, 3.8) is 0 Å². The van der Waals surface area contributed by atoms with Crippen LogP contribution in [0, 0.1) is 5.82 Å². The molecule has 1 N–H and O–H groups in total. The van der Waals surface area contributed by atoms with Crippen LogP contribution in [0.4, 0.5) is 10.1 Å². The fourth-order valence-electron chi connectivity index (χ4n) is 3.64. The summed E-state index contributed by atoms with van der Waals surface area (Å²) in [5, 5.41) is 3.50. The number of carbonyl (C=O) groups is 1. The minimum Gasteiger partial charge on any atom is -0.354 e. The van der Waals surface area contributed by atoms with Gasteiger partial charge in [0.05, 0.1) is 10.6 Å². The summed E-state index contributed by atoms with van der Waals surface area (Å²) in [6, 6.07) is 13.3. The SMILES string of the molecule is O=C(CN(c1ccccc1F)S(=O)(=O)c1ccccc1)NCCCSC1CCCCC1. The smallest absolute Gasteiger partial charge is 0.264 e. The van der Waals surface area contributed by atoms with E-state index in [1.807, 2.05) is 11.8 Å². The second-order valence-electron chi connectivity index (χ2n) is 7.61. The van der Waals surface area contributed by atoms with Gasteiger partial charge in [0.2, 0.25) is 5.91 Å². The molecule has 1 aliphatic rings. The van der Waals surface area contributed by atoms with Crippen LogP contribution < -0.4 is 9.62 Å². The summed E-state index contributed by atoms with van der Waals surface area (Å²) >= 11 is 1.96. The van der Waals surface area contributed by atoms with Crippen molar-refractivity contribution in [1.82, 2.24) is 5.32 Å². The molecular formula is C23H29FN2O3S2. The lowest BCUT2D eigenvalue weighted by molar-refractivity contribution is -0.119. The van der Waals surface area contributed by atoms with E-state index in [4.69, 9.17) is 0 Å². The average molecular weight is 465 g/mol. The summed E-state index contributed by atoms with van der Waals surface area (Å²) < 4.78 is 41.6. The molecule has 0 unspecified atom stereocenters. The van der Waals surface area contributed by atoms with Gasteiger partial charge in [0.15, 0.2) is 0 Å². The van der Waals surface area contributed by atoms with Gasteiger partial charge in [-0.15, -0.1) is 0 Å². The first-order valence-electron chi connectivity index (χ1n) is 10.7. The predicted octanol–water partition coefficient (Wildman–Crippen LogP) is 4.59. The van der Waals surface area contributed by atoms with E-state index < -0.39 is 28.3 Å². The number of hydrogen-bond donors (Lipinski definition) is 1. The first kappa shape index (κ1) is 23.6. The molecule has 8 heteroatoms. The maximum Gasteiger partial charge on any atom is 0.264 e. The van der Waals surface area contributed by atoms with E-state index in [0.29, 0.717) is 6.54 Å². The lowest BCUT2D eigenvalue weighted by Gasteiger charge is -2.24. The van der Waals surface area contributed by atoms with E-state index in [-0.39, 0.29) is 10.6 Å². The van der Waals surface area contributed by atoms with Crippen molar-refractivity contribution in [2.75, 3.05) is 23.1 Å². The van der Waals surface area contributed by atoms with E-state index in [1.165, 1.54) is 62.4 Å². The first-order chi connectivity index (χ1) is 15.0. The third kappa shape index (κ3) is 6.71. The van der Waals surface area contributed by atoms with Gasteiger partial charge in [-0.1, -0.05) is 49.6 Å². The van der Waals surface area contributed by atoms with Gasteiger partial charge >= 0.3 is 0 Å². The number of hydrogen-bond acceptors (Lipinski definition) is 4. The molecule has 1 aliphatic carbocycles. The Morgan fingerprint density at radius 1 is 1.03 bits per heavy atom. The number of nitrogens with one attached hydrogen (secondary N) is 1. The Morgan fingerprint density at radius 3 is 2.42 bits per heavy atom. The van der Waals surface area contributed by atoms with Gasteiger partial charge in [-0.25, -0.2) is 12.8 Å². The van der Waals surface area contributed by atoms with Crippen LogP contribution in [0.1, 0.15) is 38.5 Å². The Balaban J connectivity index is 1.61. The summed E-state index contributed by atoms with van der Waals surface area (Å²) in [5.74, 6) is -0.186. The largest absolute Gasteiger partial charge is 0.354 e. The predicted molar refractivity (Wildman–Crippen MR) is 124 cm³/mol. The van der Waals surface area contributed by atoms with Gasteiger partial charge in [0, 0.05) is 11.8 Å². The zero-order chi connectivity index (χ0) is 22.1. The van der Waals surface area contributed by atoms with Crippen LogP contribution in [0.5, 0.6) is 0 Å². The van der Waals surface area contributed by atoms with E-state index in [2.05, 4.69) is 5.32 Å². The van der Waals surface area contributed by atoms with Crippen molar-refractivity contribution in [3.8, 4) is 0 Å². The number of para-hydroxylation sites is 1. The lowest BCUT2D eigenvalue weighted by atomic mass is 10.0. The Morgan fingerprint density at radius 2 is 1.71 bits per heavy atom. The first-order valence-corrected chi connectivity index (χ1v) is 13.2. The van der Waals surface area contributed by atoms with Crippen LogP contribution in [0.25, 0.3) is 0 Å². The van der Waals surface area contributed by atoms with Crippen LogP contribution in [-0.4, -0.2) is 38.4 Å². The fourth-order valence-corrected chi connectivity index (χ4v) is 6.40. The molecule has 1 saturated carbocycles. The zero-order valence-corrected chi connectivity index (χ0v) is 19.1. The summed E-state index contributed by atoms with van der Waals surface area (Å²) in [6.45, 7) is -0.0109. The standard InChI is InChI=1S/C23H29FN2O3S2/c24-21-14-7-8-15-22(21)26(31(28,29)20-12-5-2-6-13-20)18-23(27)25-16-9-17-30-19-10-3-1-4-11-19/h2,5-8,12-15,19H,1,3-4,9-11,16-18H2,(H,25,27). The molecule has 0 aromatic heterocycles. The van der Waals surface area contributed by atoms with Gasteiger partial charge in [-0.2, -0.15) is 11.8 Å². The molecule has 0 heterocycles. The quantitative estimate of drug-likeness (QED) is 0.522. The van der Waals surface area contributed by atoms with Gasteiger partial charge in [-0.3, -0.25) is 9.10 Å². The van der Waals surface area contributed by atoms with E-state index >= 15 is 0 Å². The number of halogens is 1. The lowest BCUT2D eigenvalue weighted by Crippen LogP contribution is -2.41. The van der Waals surface area contributed by atoms with Crippen molar-refractivity contribution in [3.05, 3.63) is 60.4 Å². The number of anilines is 1. The molecule has 0 aliphatic heterocycles. The number of nitrogens with zero attached hydrogens (tertiary/aromatic N) is 1. The van der Waals surface area contributed by atoms with Crippen molar-refractivity contribution in [2.24, 2.45) is 0 Å². The maximum absolute atomic E-state index is 14.4. The highest BCUT2D eigenvalue weighted by Crippen LogP contribution is 2.28. The number of thioether (sulfide) groups is 1. The van der Waals surface area contributed by atoms with Gasteiger partial charge in [0.1, 0.15) is 12.4 Å². The number of carbonyl (C=O) groups excluding carboxylic acids is 1. The average Bonchev–Trinajstić information content (AvgIpc) is 2.79. The van der Waals surface area contributed by atoms with Crippen LogP contribution >= 0.6 is 11.8 Å². The number of amides is 1. The van der Waals surface area contributed by atoms with E-state index in [0.717, 1.165) is 21.7 Å². The van der Waals surface area contributed by atoms with Gasteiger partial charge in [-0.05, 0) is 49.3 Å². The summed E-state index contributed by atoms with van der Waals surface area (Å²) in [5.41, 5.74) is -0.144. The maximum atomic E-state index is 14.4. The molecule has 0 radical (unpaired) electrons. The summed E-state index contributed by atoms with van der Waals surface area (Å²) in [7, 11) is -4.09. The van der Waals surface area contributed by atoms with Gasteiger partial charge in [0.25, 0.3) is 10.0 Å². The highest BCUT2D eigenvalue weighted by Gasteiger charge is 2.28. The highest BCUT2D eigenvalue weighted by molar-refractivity contribution is 7.99. The molecule has 0 spiro atoms. The van der Waals surface area contributed by atoms with Crippen molar-refractivity contribution in [2.45, 2.75) is 48.7 Å². The molecule has 1 amide bonds. The van der Waals surface area contributed by atoms with Crippen molar-refractivity contribution < 1.29 is 17.6 Å². The minimum atomic E-state index is -4.09. The van der Waals surface area contributed by atoms with Crippen LogP contribution in [0.2, 0.25) is 0 Å². The Kier molecular flexibility index (Phi) is 8.78. The second kappa shape index (κ2) is 11.5. The summed E-state index contributed by atoms with van der Waals surface area (Å²) in [6.07, 6.45) is 7.29. The number of rotatable bonds is 10. The third-order valence-electron chi connectivity index (χ3n) is 5.29. The van der Waals surface area contributed by atoms with E-state index in [9.17, 15) is 17.6 Å². The molecule has 0 saturated heterocycles. The molecule has 2 aromatic rings. The molecule has 0 atom stereocenters. The van der Waals surface area contributed by atoms with Crippen molar-refractivity contribution in [1.29, 1.82) is 0 Å². The number of sulfonamides is 1. The molecule has 2 aromatic carbocycles. The second-order valence-corrected chi connectivity index (χ2v) is 10.9. The Labute approximate surface area is 188 Å². The van der Waals surface area contributed by atoms with Crippen LogP contribution in [-0.2, 0) is 14.8 Å². The van der Waals surface area contributed by atoms with Crippen molar-refractivity contribution >= 4 is 33.4 Å².